The molecule has 0 aliphatic carbocycles. The number of thiol groups is 1. The molecule has 0 aromatic heterocycles. The minimum absolute atomic E-state index is 0.689. The summed E-state index contributed by atoms with van der Waals surface area (Å²) in [6, 6.07) is 1.38. The number of hydrogen-bond donors (Lipinski definition) is 1. The molecule has 2 nitrogen and oxygen atoms in total. The topological polar surface area (TPSA) is 6.48 Å². The number of rotatable bonds is 2. The highest BCUT2D eigenvalue weighted by Crippen LogP contribution is 2.12. The molecular weight excluding hydrogens is 168 g/mol. The third kappa shape index (κ3) is 2.38. The second-order valence-corrected chi connectivity index (χ2v) is 4.29. The lowest BCUT2D eigenvalue weighted by Crippen LogP contribution is -2.55. The minimum atomic E-state index is 0.689. The molecule has 1 aliphatic heterocycles. The summed E-state index contributed by atoms with van der Waals surface area (Å²) in [5, 5.41) is 0. The van der Waals surface area contributed by atoms with E-state index in [9.17, 15) is 0 Å². The lowest BCUT2D eigenvalue weighted by atomic mass is 10.1. The van der Waals surface area contributed by atoms with Crippen LogP contribution in [0.2, 0.25) is 0 Å². The monoisotopic (exact) mass is 188 g/mol. The zero-order valence-electron chi connectivity index (χ0n) is 8.32. The van der Waals surface area contributed by atoms with Crippen LogP contribution in [0.25, 0.3) is 0 Å². The van der Waals surface area contributed by atoms with E-state index >= 15 is 0 Å². The zero-order valence-corrected chi connectivity index (χ0v) is 9.22. The van der Waals surface area contributed by atoms with Crippen LogP contribution in [0, 0.1) is 0 Å². The Morgan fingerprint density at radius 1 is 1.25 bits per heavy atom. The number of hydrogen-bond acceptors (Lipinski definition) is 3. The van der Waals surface area contributed by atoms with Gasteiger partial charge in [-0.2, -0.15) is 12.6 Å². The smallest absolute Gasteiger partial charge is 0.0195 e. The molecule has 1 aliphatic rings. The van der Waals surface area contributed by atoms with Crippen molar-refractivity contribution in [3.8, 4) is 0 Å². The summed E-state index contributed by atoms with van der Waals surface area (Å²) in [7, 11) is 2.22. The van der Waals surface area contributed by atoms with E-state index in [2.05, 4.69) is 43.3 Å². The van der Waals surface area contributed by atoms with E-state index < -0.39 is 0 Å². The van der Waals surface area contributed by atoms with Crippen LogP contribution >= 0.6 is 12.6 Å². The molecule has 0 unspecified atom stereocenters. The Kier molecular flexibility index (Phi) is 3.87. The average Bonchev–Trinajstić information content (AvgIpc) is 2.01. The largest absolute Gasteiger partial charge is 0.299 e. The Bertz CT molecular complexity index is 128. The maximum Gasteiger partial charge on any atom is 0.0195 e. The highest BCUT2D eigenvalue weighted by Gasteiger charge is 2.25. The van der Waals surface area contributed by atoms with Crippen molar-refractivity contribution in [3.05, 3.63) is 0 Å². The van der Waals surface area contributed by atoms with Gasteiger partial charge in [-0.05, 0) is 20.9 Å². The summed E-state index contributed by atoms with van der Waals surface area (Å²) in [6.45, 7) is 8.11. The van der Waals surface area contributed by atoms with Crippen molar-refractivity contribution in [2.45, 2.75) is 25.9 Å². The first-order valence-electron chi connectivity index (χ1n) is 4.70. The standard InChI is InChI=1S/C9H20N2S/c1-8-6-11(4-5-12)7-9(2)10(8)3/h8-9,12H,4-7H2,1-3H3/t8-,9+. The molecule has 72 valence electrons. The van der Waals surface area contributed by atoms with Gasteiger partial charge < -0.3 is 0 Å². The van der Waals surface area contributed by atoms with E-state index in [4.69, 9.17) is 0 Å². The first kappa shape index (κ1) is 10.4. The molecule has 0 radical (unpaired) electrons. The van der Waals surface area contributed by atoms with Gasteiger partial charge in [0.25, 0.3) is 0 Å². The summed E-state index contributed by atoms with van der Waals surface area (Å²) < 4.78 is 0. The maximum absolute atomic E-state index is 4.26. The predicted molar refractivity (Wildman–Crippen MR) is 57.0 cm³/mol. The maximum atomic E-state index is 4.26. The van der Waals surface area contributed by atoms with Crippen LogP contribution < -0.4 is 0 Å². The van der Waals surface area contributed by atoms with E-state index in [0.717, 1.165) is 12.3 Å². The van der Waals surface area contributed by atoms with Crippen LogP contribution in [0.15, 0.2) is 0 Å². The molecule has 0 bridgehead atoms. The van der Waals surface area contributed by atoms with E-state index in [1.165, 1.54) is 13.1 Å². The van der Waals surface area contributed by atoms with Gasteiger partial charge in [-0.25, -0.2) is 0 Å². The Morgan fingerprint density at radius 2 is 1.75 bits per heavy atom. The van der Waals surface area contributed by atoms with Crippen LogP contribution in [0.3, 0.4) is 0 Å². The first-order chi connectivity index (χ1) is 5.65. The van der Waals surface area contributed by atoms with Gasteiger partial charge in [-0.1, -0.05) is 0 Å². The molecule has 12 heavy (non-hydrogen) atoms. The average molecular weight is 188 g/mol. The summed E-state index contributed by atoms with van der Waals surface area (Å²) >= 11 is 4.26. The van der Waals surface area contributed by atoms with Crippen molar-refractivity contribution >= 4 is 12.6 Å². The van der Waals surface area contributed by atoms with Crippen molar-refractivity contribution in [1.82, 2.24) is 9.80 Å². The van der Waals surface area contributed by atoms with E-state index in [1.54, 1.807) is 0 Å². The second kappa shape index (κ2) is 4.49. The number of piperazine rings is 1. The minimum Gasteiger partial charge on any atom is -0.299 e. The van der Waals surface area contributed by atoms with Crippen LogP contribution in [0.1, 0.15) is 13.8 Å². The lowest BCUT2D eigenvalue weighted by Gasteiger charge is -2.42. The van der Waals surface area contributed by atoms with Crippen LogP contribution in [-0.2, 0) is 0 Å². The Morgan fingerprint density at radius 3 is 2.17 bits per heavy atom. The van der Waals surface area contributed by atoms with Gasteiger partial charge in [0, 0.05) is 37.5 Å². The summed E-state index contributed by atoms with van der Waals surface area (Å²) in [4.78, 5) is 4.96. The molecule has 0 saturated carbocycles. The zero-order chi connectivity index (χ0) is 9.14. The number of likely N-dealkylation sites (N-methyl/N-ethyl adjacent to an activating group) is 1. The molecule has 1 heterocycles. The fourth-order valence-corrected chi connectivity index (χ4v) is 2.12. The van der Waals surface area contributed by atoms with E-state index in [-0.39, 0.29) is 0 Å². The predicted octanol–water partition coefficient (Wildman–Crippen LogP) is 0.941. The summed E-state index contributed by atoms with van der Waals surface area (Å²) in [6.07, 6.45) is 0. The van der Waals surface area contributed by atoms with Crippen LogP contribution in [0.5, 0.6) is 0 Å². The first-order valence-corrected chi connectivity index (χ1v) is 5.33. The highest BCUT2D eigenvalue weighted by molar-refractivity contribution is 7.80. The second-order valence-electron chi connectivity index (χ2n) is 3.85. The van der Waals surface area contributed by atoms with Crippen molar-refractivity contribution < 1.29 is 0 Å². The molecule has 2 atom stereocenters. The SMILES string of the molecule is C[C@@H]1CN(CCS)C[C@H](C)N1C. The molecular formula is C9H20N2S. The molecule has 0 aromatic carbocycles. The number of nitrogens with zero attached hydrogens (tertiary/aromatic N) is 2. The highest BCUT2D eigenvalue weighted by atomic mass is 32.1. The molecule has 1 rings (SSSR count). The van der Waals surface area contributed by atoms with Crippen molar-refractivity contribution in [1.29, 1.82) is 0 Å². The fraction of sp³-hybridized carbons (Fsp3) is 1.00. The molecule has 3 heteroatoms. The summed E-state index contributed by atoms with van der Waals surface area (Å²) in [5.74, 6) is 0.975. The molecule has 1 saturated heterocycles. The normalized spacial score (nSPS) is 34.0. The van der Waals surface area contributed by atoms with Crippen molar-refractivity contribution in [2.24, 2.45) is 0 Å². The van der Waals surface area contributed by atoms with E-state index in [0.29, 0.717) is 12.1 Å². The van der Waals surface area contributed by atoms with Crippen molar-refractivity contribution in [2.75, 3.05) is 32.4 Å². The Labute approximate surface area is 81.3 Å². The van der Waals surface area contributed by atoms with Gasteiger partial charge in [0.05, 0.1) is 0 Å². The third-order valence-corrected chi connectivity index (χ3v) is 3.05. The van der Waals surface area contributed by atoms with Gasteiger partial charge in [0.15, 0.2) is 0 Å². The lowest BCUT2D eigenvalue weighted by molar-refractivity contribution is 0.0642. The van der Waals surface area contributed by atoms with Crippen LogP contribution in [0.4, 0.5) is 0 Å². The molecule has 0 amide bonds. The van der Waals surface area contributed by atoms with Gasteiger partial charge in [-0.3, -0.25) is 9.80 Å². The quantitative estimate of drug-likeness (QED) is 0.644. The van der Waals surface area contributed by atoms with Gasteiger partial charge in [-0.15, -0.1) is 0 Å². The molecule has 0 spiro atoms. The molecule has 0 aromatic rings. The Hall–Kier alpha value is 0.270. The fourth-order valence-electron chi connectivity index (χ4n) is 1.84. The Balaban J connectivity index is 2.42. The summed E-state index contributed by atoms with van der Waals surface area (Å²) in [5.41, 5.74) is 0. The van der Waals surface area contributed by atoms with Crippen LogP contribution in [-0.4, -0.2) is 54.3 Å². The van der Waals surface area contributed by atoms with E-state index in [1.807, 2.05) is 0 Å². The third-order valence-electron chi connectivity index (χ3n) is 2.85. The van der Waals surface area contributed by atoms with Gasteiger partial charge in [0.1, 0.15) is 0 Å². The molecule has 1 fully saturated rings. The van der Waals surface area contributed by atoms with Gasteiger partial charge in [0.2, 0.25) is 0 Å². The van der Waals surface area contributed by atoms with Gasteiger partial charge >= 0.3 is 0 Å². The van der Waals surface area contributed by atoms with Crippen molar-refractivity contribution in [3.63, 3.8) is 0 Å². The molecule has 0 N–H and O–H groups in total.